The summed E-state index contributed by atoms with van der Waals surface area (Å²) < 4.78 is 13.8. The van der Waals surface area contributed by atoms with Gasteiger partial charge in [0.2, 0.25) is 7.28 Å². The Kier molecular flexibility index (Phi) is 6.92. The minimum absolute atomic E-state index is 0.0330. The lowest BCUT2D eigenvalue weighted by Crippen LogP contribution is -2.40. The van der Waals surface area contributed by atoms with Gasteiger partial charge >= 0.3 is 0 Å². The van der Waals surface area contributed by atoms with Crippen molar-refractivity contribution in [1.82, 2.24) is 0 Å². The van der Waals surface area contributed by atoms with Crippen LogP contribution >= 0.6 is 0 Å². The first kappa shape index (κ1) is 32.9. The number of rotatable bonds is 3. The summed E-state index contributed by atoms with van der Waals surface area (Å²) in [6.07, 6.45) is 0. The number of fused-ring (bicyclic) bond motifs is 9. The second-order valence-corrected chi connectivity index (χ2v) is 17.0. The Bertz CT molecular complexity index is 3050. The molecule has 0 atom stereocenters. The predicted molar refractivity (Wildman–Crippen MR) is 236 cm³/mol. The third-order valence-electron chi connectivity index (χ3n) is 12.2. The molecule has 2 aromatic heterocycles. The molecule has 7 aromatic carbocycles. The molecule has 0 fully saturated rings. The van der Waals surface area contributed by atoms with Gasteiger partial charge in [0, 0.05) is 50.1 Å². The van der Waals surface area contributed by atoms with Crippen LogP contribution in [0.25, 0.3) is 55.2 Å². The monoisotopic (exact) mass is 724 g/mol. The van der Waals surface area contributed by atoms with Gasteiger partial charge in [0.05, 0.1) is 22.7 Å². The lowest BCUT2D eigenvalue weighted by atomic mass is 9.60. The molecule has 1 N–H and O–H groups in total. The highest BCUT2D eigenvalue weighted by atomic mass is 16.3. The minimum atomic E-state index is -0.211. The normalized spacial score (nSPS) is 14.2. The van der Waals surface area contributed by atoms with E-state index in [9.17, 15) is 0 Å². The van der Waals surface area contributed by atoms with Crippen molar-refractivity contribution in [3.05, 3.63) is 162 Å². The highest BCUT2D eigenvalue weighted by molar-refractivity contribution is 6.73. The van der Waals surface area contributed by atoms with Crippen molar-refractivity contribution in [3.63, 3.8) is 0 Å². The fourth-order valence-corrected chi connectivity index (χ4v) is 9.45. The van der Waals surface area contributed by atoms with Gasteiger partial charge in [-0.2, -0.15) is 0 Å². The smallest absolute Gasteiger partial charge is 0.244 e. The van der Waals surface area contributed by atoms with E-state index in [4.69, 9.17) is 8.83 Å². The zero-order valence-electron chi connectivity index (χ0n) is 32.3. The summed E-state index contributed by atoms with van der Waals surface area (Å²) in [5, 5.41) is 7.26. The summed E-state index contributed by atoms with van der Waals surface area (Å²) in [7, 11) is 0.630. The van der Waals surface area contributed by atoms with Crippen LogP contribution in [0.3, 0.4) is 0 Å². The van der Waals surface area contributed by atoms with Crippen molar-refractivity contribution >= 4 is 79.7 Å². The summed E-state index contributed by atoms with van der Waals surface area (Å²) in [5.41, 5.74) is 18.6. The molecule has 0 bridgehead atoms. The van der Waals surface area contributed by atoms with Crippen molar-refractivity contribution in [2.45, 2.75) is 45.4 Å². The van der Waals surface area contributed by atoms with Crippen LogP contribution in [0.1, 0.15) is 51.3 Å². The van der Waals surface area contributed by atoms with Crippen molar-refractivity contribution in [2.24, 2.45) is 0 Å². The fourth-order valence-electron chi connectivity index (χ4n) is 9.45. The Morgan fingerprint density at radius 3 is 2.11 bits per heavy atom. The number of anilines is 5. The molecule has 4 heterocycles. The highest BCUT2D eigenvalue weighted by Gasteiger charge is 2.38. The molecule has 0 unspecified atom stereocenters. The van der Waals surface area contributed by atoms with Gasteiger partial charge in [-0.25, -0.2) is 0 Å². The first-order valence-corrected chi connectivity index (χ1v) is 19.6. The van der Waals surface area contributed by atoms with Gasteiger partial charge < -0.3 is 19.1 Å². The van der Waals surface area contributed by atoms with E-state index in [2.05, 4.69) is 190 Å². The Labute approximate surface area is 327 Å². The maximum absolute atomic E-state index is 6.91. The molecule has 0 saturated heterocycles. The van der Waals surface area contributed by atoms with Crippen LogP contribution in [0.5, 0.6) is 0 Å². The van der Waals surface area contributed by atoms with E-state index in [0.717, 1.165) is 72.6 Å². The maximum Gasteiger partial charge on any atom is 0.244 e. The van der Waals surface area contributed by atoms with E-state index < -0.39 is 0 Å². The first-order valence-electron chi connectivity index (χ1n) is 19.6. The molecule has 0 saturated carbocycles. The Hall–Kier alpha value is -6.46. The molecule has 0 spiro atoms. The number of para-hydroxylation sites is 4. The van der Waals surface area contributed by atoms with Crippen molar-refractivity contribution in [2.75, 3.05) is 10.2 Å². The van der Waals surface area contributed by atoms with Crippen LogP contribution in [0.2, 0.25) is 0 Å². The average Bonchev–Trinajstić information content (AvgIpc) is 3.77. The summed E-state index contributed by atoms with van der Waals surface area (Å²) in [5.74, 6) is 0. The predicted octanol–water partition coefficient (Wildman–Crippen LogP) is 12.5. The Morgan fingerprint density at radius 1 is 0.607 bits per heavy atom. The maximum atomic E-state index is 6.91. The standard InChI is InChI=1S/C51H41BN2O2/c1-50(2,3)31-26-27-39(35(28-31)30-16-7-6-8-17-30)54-40-29-43-44(32-18-9-13-24-41(32)55-43)45(46(40)52-49-48(54)33-19-10-14-25-42(33)56-49)34-20-15-22-37-47(34)53-38-23-12-11-21-36(38)51(37,4)5/h6-29,52-53H,1-5H3. The van der Waals surface area contributed by atoms with Crippen LogP contribution in [-0.2, 0) is 10.8 Å². The van der Waals surface area contributed by atoms with Crippen LogP contribution < -0.4 is 21.3 Å². The number of furan rings is 2. The molecule has 9 aromatic rings. The zero-order valence-corrected chi connectivity index (χ0v) is 32.3. The van der Waals surface area contributed by atoms with Gasteiger partial charge in [0.25, 0.3) is 0 Å². The highest BCUT2D eigenvalue weighted by Crippen LogP contribution is 2.52. The van der Waals surface area contributed by atoms with Crippen LogP contribution in [0.4, 0.5) is 28.4 Å². The Morgan fingerprint density at radius 2 is 1.30 bits per heavy atom. The quantitative estimate of drug-likeness (QED) is 0.184. The van der Waals surface area contributed by atoms with E-state index in [0.29, 0.717) is 7.28 Å². The molecule has 2 aliphatic rings. The average molecular weight is 725 g/mol. The van der Waals surface area contributed by atoms with E-state index in [-0.39, 0.29) is 10.8 Å². The molecular weight excluding hydrogens is 683 g/mol. The lowest BCUT2D eigenvalue weighted by Gasteiger charge is -2.38. The first-order chi connectivity index (χ1) is 27.2. The molecule has 4 nitrogen and oxygen atoms in total. The molecule has 0 aliphatic carbocycles. The Balaban J connectivity index is 1.28. The molecule has 5 heteroatoms. The fraction of sp³-hybridized carbons (Fsp3) is 0.137. The van der Waals surface area contributed by atoms with Crippen molar-refractivity contribution < 1.29 is 8.83 Å². The third-order valence-corrected chi connectivity index (χ3v) is 12.2. The zero-order chi connectivity index (χ0) is 37.9. The molecule has 0 amide bonds. The van der Waals surface area contributed by atoms with E-state index >= 15 is 0 Å². The van der Waals surface area contributed by atoms with Gasteiger partial charge in [0.1, 0.15) is 16.7 Å². The second kappa shape index (κ2) is 11.8. The van der Waals surface area contributed by atoms with Gasteiger partial charge in [-0.05, 0) is 75.1 Å². The van der Waals surface area contributed by atoms with Gasteiger partial charge in [-0.15, -0.1) is 0 Å². The number of hydrogen-bond donors (Lipinski definition) is 1. The number of hydrogen-bond acceptors (Lipinski definition) is 4. The second-order valence-electron chi connectivity index (χ2n) is 17.0. The number of nitrogens with zero attached hydrogens (tertiary/aromatic N) is 1. The summed E-state index contributed by atoms with van der Waals surface area (Å²) >= 11 is 0. The molecule has 270 valence electrons. The molecule has 0 radical (unpaired) electrons. The van der Waals surface area contributed by atoms with Gasteiger partial charge in [0.15, 0.2) is 0 Å². The topological polar surface area (TPSA) is 41.6 Å². The van der Waals surface area contributed by atoms with Crippen molar-refractivity contribution in [1.29, 1.82) is 0 Å². The van der Waals surface area contributed by atoms with Crippen molar-refractivity contribution in [3.8, 4) is 22.3 Å². The number of benzene rings is 7. The minimum Gasteiger partial charge on any atom is -0.469 e. The van der Waals surface area contributed by atoms with E-state index in [1.165, 1.54) is 38.8 Å². The van der Waals surface area contributed by atoms with E-state index in [1.54, 1.807) is 0 Å². The number of nitrogens with one attached hydrogen (secondary N) is 1. The summed E-state index contributed by atoms with van der Waals surface area (Å²) in [6, 6.07) is 52.5. The molecule has 56 heavy (non-hydrogen) atoms. The lowest BCUT2D eigenvalue weighted by molar-refractivity contribution is 0.590. The van der Waals surface area contributed by atoms with Crippen LogP contribution in [0, 0.1) is 0 Å². The van der Waals surface area contributed by atoms with Gasteiger partial charge in [-0.3, -0.25) is 0 Å². The molecule has 11 rings (SSSR count). The third kappa shape index (κ3) is 4.73. The van der Waals surface area contributed by atoms with Gasteiger partial charge in [-0.1, -0.05) is 138 Å². The SMILES string of the molecule is CC(C)(C)c1ccc(N2c3cc4oc5ccccc5c4c(-c4cccc5c4Nc4ccccc4C5(C)C)c3Bc3oc4ccccc4c32)c(-c2ccccc2)c1. The molecular formula is C51H41BN2O2. The molecule has 2 aliphatic heterocycles. The summed E-state index contributed by atoms with van der Waals surface area (Å²) in [4.78, 5) is 2.47. The van der Waals surface area contributed by atoms with E-state index in [1.807, 2.05) is 0 Å². The van der Waals surface area contributed by atoms with Crippen LogP contribution in [0.15, 0.2) is 154 Å². The summed E-state index contributed by atoms with van der Waals surface area (Å²) in [6.45, 7) is 11.5. The van der Waals surface area contributed by atoms with Crippen LogP contribution in [-0.4, -0.2) is 7.28 Å². The largest absolute Gasteiger partial charge is 0.469 e.